The van der Waals surface area contributed by atoms with Crippen LogP contribution in [0.5, 0.6) is 5.75 Å². The van der Waals surface area contributed by atoms with Crippen molar-refractivity contribution >= 4 is 21.6 Å². The number of ether oxygens (including phenoxy) is 1. The van der Waals surface area contributed by atoms with Crippen LogP contribution in [0, 0.1) is 17.8 Å². The van der Waals surface area contributed by atoms with E-state index in [1.807, 2.05) is 0 Å². The Balaban J connectivity index is 1.33. The van der Waals surface area contributed by atoms with Gasteiger partial charge in [-0.15, -0.1) is 0 Å². The molecular weight excluding hydrogens is 396 g/mol. The van der Waals surface area contributed by atoms with Crippen molar-refractivity contribution in [3.8, 4) is 5.75 Å². The molecule has 0 spiro atoms. The third-order valence-electron chi connectivity index (χ3n) is 7.66. The first-order chi connectivity index (χ1) is 13.4. The monoisotopic (exact) mass is 424 g/mol. The fourth-order valence-electron chi connectivity index (χ4n) is 6.85. The molecule has 4 saturated carbocycles. The molecule has 5 aliphatic rings. The van der Waals surface area contributed by atoms with Gasteiger partial charge in [0.1, 0.15) is 10.6 Å². The van der Waals surface area contributed by atoms with Crippen molar-refractivity contribution in [3.63, 3.8) is 0 Å². The lowest BCUT2D eigenvalue weighted by atomic mass is 9.52. The zero-order valence-electron chi connectivity index (χ0n) is 16.4. The molecule has 1 aliphatic heterocycles. The lowest BCUT2D eigenvalue weighted by Gasteiger charge is -2.61. The first-order valence-electron chi connectivity index (χ1n) is 10.5. The molecule has 0 atom stereocenters. The highest BCUT2D eigenvalue weighted by Gasteiger charge is 2.54. The van der Waals surface area contributed by atoms with Gasteiger partial charge < -0.3 is 4.74 Å². The summed E-state index contributed by atoms with van der Waals surface area (Å²) >= 11 is 6.07. The normalized spacial score (nSPS) is 36.0. The van der Waals surface area contributed by atoms with Gasteiger partial charge >= 0.3 is 0 Å². The number of nitrogens with zero attached hydrogens (tertiary/aromatic N) is 2. The molecule has 1 heterocycles. The van der Waals surface area contributed by atoms with E-state index in [4.69, 9.17) is 16.3 Å². The smallest absolute Gasteiger partial charge is 0.246 e. The standard InChI is InChI=1S/C21H29ClN2O3S/c1-27-19-3-2-18(22)11-20(19)28(25,26)24-6-4-23(5-7-24)21-12-15-8-16(13-21)10-17(9-15)14-21/h2-3,11,15-17H,4-10,12-14H2,1H3. The molecular formula is C21H29ClN2O3S. The third-order valence-corrected chi connectivity index (χ3v) is 9.81. The summed E-state index contributed by atoms with van der Waals surface area (Å²) in [6.07, 6.45) is 8.28. The summed E-state index contributed by atoms with van der Waals surface area (Å²) in [4.78, 5) is 2.81. The molecule has 4 bridgehead atoms. The van der Waals surface area contributed by atoms with Crippen LogP contribution in [0.1, 0.15) is 38.5 Å². The topological polar surface area (TPSA) is 49.9 Å². The van der Waals surface area contributed by atoms with Crippen LogP contribution in [0.4, 0.5) is 0 Å². The highest BCUT2D eigenvalue weighted by molar-refractivity contribution is 7.89. The Morgan fingerprint density at radius 2 is 1.57 bits per heavy atom. The number of methoxy groups -OCH3 is 1. The summed E-state index contributed by atoms with van der Waals surface area (Å²) in [5.74, 6) is 3.07. The Labute approximate surface area is 173 Å². The van der Waals surface area contributed by atoms with Crippen molar-refractivity contribution < 1.29 is 13.2 Å². The number of halogens is 1. The molecule has 28 heavy (non-hydrogen) atoms. The van der Waals surface area contributed by atoms with Crippen LogP contribution in [-0.4, -0.2) is 56.5 Å². The van der Waals surface area contributed by atoms with E-state index < -0.39 is 10.0 Å². The summed E-state index contributed by atoms with van der Waals surface area (Å²) in [7, 11) is -2.12. The Bertz CT molecular complexity index is 829. The summed E-state index contributed by atoms with van der Waals surface area (Å²) in [5.41, 5.74) is 0.346. The Kier molecular flexibility index (Phi) is 4.70. The number of piperazine rings is 1. The van der Waals surface area contributed by atoms with Crippen LogP contribution in [0.25, 0.3) is 0 Å². The van der Waals surface area contributed by atoms with Gasteiger partial charge in [-0.3, -0.25) is 4.90 Å². The van der Waals surface area contributed by atoms with Gasteiger partial charge in [-0.1, -0.05) is 11.6 Å². The van der Waals surface area contributed by atoms with Crippen LogP contribution >= 0.6 is 11.6 Å². The fraction of sp³-hybridized carbons (Fsp3) is 0.714. The predicted octanol–water partition coefficient (Wildman–Crippen LogP) is 3.62. The van der Waals surface area contributed by atoms with Crippen LogP contribution in [0.3, 0.4) is 0 Å². The van der Waals surface area contributed by atoms with Gasteiger partial charge in [-0.25, -0.2) is 8.42 Å². The first-order valence-corrected chi connectivity index (χ1v) is 12.3. The average molecular weight is 425 g/mol. The first kappa shape index (κ1) is 19.2. The van der Waals surface area contributed by atoms with Crippen molar-refractivity contribution in [2.24, 2.45) is 17.8 Å². The van der Waals surface area contributed by atoms with E-state index >= 15 is 0 Å². The summed E-state index contributed by atoms with van der Waals surface area (Å²) in [6, 6.07) is 4.78. The van der Waals surface area contributed by atoms with E-state index in [9.17, 15) is 8.42 Å². The molecule has 0 N–H and O–H groups in total. The van der Waals surface area contributed by atoms with Gasteiger partial charge in [0.05, 0.1) is 7.11 Å². The van der Waals surface area contributed by atoms with E-state index in [0.29, 0.717) is 29.4 Å². The molecule has 4 aliphatic carbocycles. The number of rotatable bonds is 4. The number of hydrogen-bond donors (Lipinski definition) is 0. The van der Waals surface area contributed by atoms with Crippen molar-refractivity contribution in [2.75, 3.05) is 33.3 Å². The summed E-state index contributed by atoms with van der Waals surface area (Å²) < 4.78 is 33.4. The molecule has 5 nitrogen and oxygen atoms in total. The summed E-state index contributed by atoms with van der Waals surface area (Å²) in [6.45, 7) is 2.74. The Hall–Kier alpha value is -0.820. The maximum Gasteiger partial charge on any atom is 0.246 e. The van der Waals surface area contributed by atoms with E-state index in [2.05, 4.69) is 4.90 Å². The molecule has 1 saturated heterocycles. The largest absolute Gasteiger partial charge is 0.495 e. The average Bonchev–Trinajstić information content (AvgIpc) is 2.67. The second-order valence-electron chi connectivity index (χ2n) is 9.33. The molecule has 1 aromatic carbocycles. The molecule has 7 heteroatoms. The zero-order valence-corrected chi connectivity index (χ0v) is 18.0. The van der Waals surface area contributed by atoms with E-state index in [1.165, 1.54) is 51.7 Å². The van der Waals surface area contributed by atoms with Crippen LogP contribution in [0.2, 0.25) is 5.02 Å². The van der Waals surface area contributed by atoms with Gasteiger partial charge in [0.25, 0.3) is 0 Å². The van der Waals surface area contributed by atoms with Gasteiger partial charge in [0.2, 0.25) is 10.0 Å². The predicted molar refractivity (Wildman–Crippen MR) is 109 cm³/mol. The van der Waals surface area contributed by atoms with Crippen molar-refractivity contribution in [3.05, 3.63) is 23.2 Å². The highest BCUT2D eigenvalue weighted by atomic mass is 35.5. The Morgan fingerprint density at radius 3 is 2.11 bits per heavy atom. The molecule has 0 amide bonds. The lowest BCUT2D eigenvalue weighted by Crippen LogP contribution is -2.64. The van der Waals surface area contributed by atoms with E-state index in [0.717, 1.165) is 30.8 Å². The van der Waals surface area contributed by atoms with E-state index in [-0.39, 0.29) is 4.90 Å². The summed E-state index contributed by atoms with van der Waals surface area (Å²) in [5, 5.41) is 0.409. The molecule has 0 unspecified atom stereocenters. The second kappa shape index (κ2) is 6.86. The minimum absolute atomic E-state index is 0.172. The van der Waals surface area contributed by atoms with Gasteiger partial charge in [-0.05, 0) is 74.5 Å². The molecule has 154 valence electrons. The van der Waals surface area contributed by atoms with Gasteiger partial charge in [0.15, 0.2) is 0 Å². The minimum atomic E-state index is -3.61. The fourth-order valence-corrected chi connectivity index (χ4v) is 8.69. The minimum Gasteiger partial charge on any atom is -0.495 e. The second-order valence-corrected chi connectivity index (χ2v) is 11.7. The number of hydrogen-bond acceptors (Lipinski definition) is 4. The maximum atomic E-state index is 13.2. The number of sulfonamides is 1. The Morgan fingerprint density at radius 1 is 1.00 bits per heavy atom. The molecule has 5 fully saturated rings. The van der Waals surface area contributed by atoms with Crippen molar-refractivity contribution in [1.29, 1.82) is 0 Å². The van der Waals surface area contributed by atoms with Crippen molar-refractivity contribution in [2.45, 2.75) is 49.0 Å². The maximum absolute atomic E-state index is 13.2. The molecule has 1 aromatic rings. The zero-order chi connectivity index (χ0) is 19.5. The molecule has 6 rings (SSSR count). The lowest BCUT2D eigenvalue weighted by molar-refractivity contribution is -0.0964. The third kappa shape index (κ3) is 3.08. The van der Waals surface area contributed by atoms with Crippen LogP contribution < -0.4 is 4.74 Å². The van der Waals surface area contributed by atoms with Gasteiger partial charge in [-0.2, -0.15) is 4.31 Å². The number of benzene rings is 1. The quantitative estimate of drug-likeness (QED) is 0.740. The van der Waals surface area contributed by atoms with Crippen LogP contribution in [0.15, 0.2) is 23.1 Å². The molecule has 0 radical (unpaired) electrons. The van der Waals surface area contributed by atoms with Crippen LogP contribution in [-0.2, 0) is 10.0 Å². The van der Waals surface area contributed by atoms with E-state index in [1.54, 1.807) is 16.4 Å². The van der Waals surface area contributed by atoms with Crippen molar-refractivity contribution in [1.82, 2.24) is 9.21 Å². The molecule has 0 aromatic heterocycles. The van der Waals surface area contributed by atoms with Gasteiger partial charge in [0, 0.05) is 36.7 Å². The highest BCUT2D eigenvalue weighted by Crippen LogP contribution is 2.57. The SMILES string of the molecule is COc1ccc(Cl)cc1S(=O)(=O)N1CCN(C23CC4CC(CC(C4)C2)C3)CC1.